The average molecular weight is 469 g/mol. The second-order valence-corrected chi connectivity index (χ2v) is 11.7. The van der Waals surface area contributed by atoms with E-state index in [1.54, 1.807) is 12.1 Å². The number of sulfonamides is 1. The summed E-state index contributed by atoms with van der Waals surface area (Å²) in [6.45, 7) is 12.3. The molecular weight excluding hydrogens is 436 g/mol. The number of nitrogens with zero attached hydrogens (tertiary/aromatic N) is 4. The Kier molecular flexibility index (Phi) is 6.25. The van der Waals surface area contributed by atoms with Crippen LogP contribution in [0.1, 0.15) is 61.6 Å². The van der Waals surface area contributed by atoms with Crippen molar-refractivity contribution in [2.24, 2.45) is 0 Å². The lowest BCUT2D eigenvalue weighted by Crippen LogP contribution is -2.49. The molecule has 4 rings (SSSR count). The molecule has 2 aliphatic rings. The molecule has 0 N–H and O–H groups in total. The van der Waals surface area contributed by atoms with Crippen LogP contribution in [0.15, 0.2) is 29.2 Å². The van der Waals surface area contributed by atoms with Crippen LogP contribution in [0.3, 0.4) is 0 Å². The number of aryl methyl sites for hydroxylation is 1. The second kappa shape index (κ2) is 8.71. The van der Waals surface area contributed by atoms with Gasteiger partial charge in [-0.25, -0.2) is 13.4 Å². The van der Waals surface area contributed by atoms with Crippen LogP contribution in [0, 0.1) is 18.3 Å². The van der Waals surface area contributed by atoms with Gasteiger partial charge in [0.2, 0.25) is 10.0 Å². The molecule has 0 amide bonds. The standard InChI is InChI=1S/C25H32N4O3S/c1-17(2)19-6-8-20(9-7-19)33(30,31)29-12-10-28(11-13-29)24-22(15-26)21-14-25(4,5)32-16-23(21)18(3)27-24/h6-9,17H,10-14,16H2,1-5H3. The first-order valence-electron chi connectivity index (χ1n) is 11.4. The molecule has 8 heteroatoms. The zero-order chi connectivity index (χ0) is 24.0. The van der Waals surface area contributed by atoms with Crippen LogP contribution in [-0.4, -0.2) is 49.5 Å². The van der Waals surface area contributed by atoms with Crippen LogP contribution in [0.4, 0.5) is 5.82 Å². The Morgan fingerprint density at radius 3 is 2.30 bits per heavy atom. The van der Waals surface area contributed by atoms with Gasteiger partial charge in [-0.2, -0.15) is 9.57 Å². The Hall–Kier alpha value is -2.47. The maximum atomic E-state index is 13.2. The highest BCUT2D eigenvalue weighted by atomic mass is 32.2. The van der Waals surface area contributed by atoms with Crippen LogP contribution >= 0.6 is 0 Å². The van der Waals surface area contributed by atoms with Crippen LogP contribution < -0.4 is 4.90 Å². The van der Waals surface area contributed by atoms with Gasteiger partial charge in [-0.1, -0.05) is 26.0 Å². The van der Waals surface area contributed by atoms with E-state index >= 15 is 0 Å². The molecule has 0 bridgehead atoms. The van der Waals surface area contributed by atoms with Gasteiger partial charge in [0.1, 0.15) is 11.9 Å². The van der Waals surface area contributed by atoms with Crippen LogP contribution in [0.2, 0.25) is 0 Å². The zero-order valence-electron chi connectivity index (χ0n) is 20.1. The molecule has 7 nitrogen and oxygen atoms in total. The highest BCUT2D eigenvalue weighted by Crippen LogP contribution is 2.35. The van der Waals surface area contributed by atoms with Crippen molar-refractivity contribution in [3.63, 3.8) is 0 Å². The molecule has 1 aromatic carbocycles. The summed E-state index contributed by atoms with van der Waals surface area (Å²) in [6, 6.07) is 9.54. The highest BCUT2D eigenvalue weighted by Gasteiger charge is 2.34. The number of rotatable bonds is 4. The number of nitriles is 1. The number of fused-ring (bicyclic) bond motifs is 1. The third-order valence-corrected chi connectivity index (χ3v) is 8.56. The van der Waals surface area contributed by atoms with Gasteiger partial charge in [-0.3, -0.25) is 0 Å². The summed E-state index contributed by atoms with van der Waals surface area (Å²) >= 11 is 0. The predicted octanol–water partition coefficient (Wildman–Crippen LogP) is 3.75. The smallest absolute Gasteiger partial charge is 0.243 e. The summed E-state index contributed by atoms with van der Waals surface area (Å²) in [5.41, 5.74) is 4.26. The lowest BCUT2D eigenvalue weighted by Gasteiger charge is -2.37. The summed E-state index contributed by atoms with van der Waals surface area (Å²) in [6.07, 6.45) is 0.655. The Morgan fingerprint density at radius 1 is 1.09 bits per heavy atom. The molecular formula is C25H32N4O3S. The van der Waals surface area contributed by atoms with E-state index in [0.29, 0.717) is 61.4 Å². The third-order valence-electron chi connectivity index (χ3n) is 6.64. The Bertz CT molecular complexity index is 1190. The fraction of sp³-hybridized carbons (Fsp3) is 0.520. The lowest BCUT2D eigenvalue weighted by atomic mass is 9.88. The molecule has 33 heavy (non-hydrogen) atoms. The quantitative estimate of drug-likeness (QED) is 0.679. The van der Waals surface area contributed by atoms with Crippen molar-refractivity contribution >= 4 is 15.8 Å². The predicted molar refractivity (Wildman–Crippen MR) is 128 cm³/mol. The molecule has 176 valence electrons. The molecule has 3 heterocycles. The molecule has 0 aliphatic carbocycles. The van der Waals surface area contributed by atoms with Crippen LogP contribution in [-0.2, 0) is 27.8 Å². The molecule has 1 aromatic heterocycles. The number of hydrogen-bond acceptors (Lipinski definition) is 6. The van der Waals surface area contributed by atoms with Crippen molar-refractivity contribution in [1.29, 1.82) is 5.26 Å². The van der Waals surface area contributed by atoms with Crippen LogP contribution in [0.25, 0.3) is 0 Å². The van der Waals surface area contributed by atoms with Crippen molar-refractivity contribution in [2.75, 3.05) is 31.1 Å². The molecule has 0 saturated carbocycles. The zero-order valence-corrected chi connectivity index (χ0v) is 20.9. The molecule has 1 saturated heterocycles. The minimum atomic E-state index is -3.56. The van der Waals surface area contributed by atoms with E-state index in [1.807, 2.05) is 37.8 Å². The third kappa shape index (κ3) is 4.50. The fourth-order valence-electron chi connectivity index (χ4n) is 4.58. The Labute approximate surface area is 197 Å². The van der Waals surface area contributed by atoms with Gasteiger partial charge < -0.3 is 9.64 Å². The van der Waals surface area contributed by atoms with Crippen molar-refractivity contribution in [1.82, 2.24) is 9.29 Å². The van der Waals surface area contributed by atoms with Gasteiger partial charge >= 0.3 is 0 Å². The number of hydrogen-bond donors (Lipinski definition) is 0. The van der Waals surface area contributed by atoms with Crippen molar-refractivity contribution < 1.29 is 13.2 Å². The maximum Gasteiger partial charge on any atom is 0.243 e. The van der Waals surface area contributed by atoms with E-state index < -0.39 is 10.0 Å². The first kappa shape index (κ1) is 23.7. The monoisotopic (exact) mass is 468 g/mol. The second-order valence-electron chi connectivity index (χ2n) is 9.80. The number of piperazine rings is 1. The summed E-state index contributed by atoms with van der Waals surface area (Å²) in [5, 5.41) is 9.99. The van der Waals surface area contributed by atoms with Gasteiger partial charge in [0.15, 0.2) is 0 Å². The molecule has 0 atom stereocenters. The van der Waals surface area contributed by atoms with Gasteiger partial charge in [0.25, 0.3) is 0 Å². The number of pyridine rings is 1. The van der Waals surface area contributed by atoms with Gasteiger partial charge in [0.05, 0.1) is 22.7 Å². The van der Waals surface area contributed by atoms with E-state index in [-0.39, 0.29) is 5.60 Å². The molecule has 0 unspecified atom stereocenters. The molecule has 0 spiro atoms. The largest absolute Gasteiger partial charge is 0.370 e. The minimum absolute atomic E-state index is 0.322. The number of aromatic nitrogens is 1. The van der Waals surface area contributed by atoms with Gasteiger partial charge in [-0.15, -0.1) is 0 Å². The molecule has 1 fully saturated rings. The number of benzene rings is 1. The average Bonchev–Trinajstić information content (AvgIpc) is 2.78. The summed E-state index contributed by atoms with van der Waals surface area (Å²) in [5.74, 6) is 1.01. The SMILES string of the molecule is Cc1nc(N2CCN(S(=O)(=O)c3ccc(C(C)C)cc3)CC2)c(C#N)c2c1COC(C)(C)C2. The van der Waals surface area contributed by atoms with Gasteiger partial charge in [0, 0.05) is 43.9 Å². The normalized spacial score (nSPS) is 18.8. The number of anilines is 1. The van der Waals surface area contributed by atoms with Crippen molar-refractivity contribution in [3.05, 3.63) is 52.2 Å². The van der Waals surface area contributed by atoms with E-state index in [9.17, 15) is 13.7 Å². The first-order chi connectivity index (χ1) is 15.5. The lowest BCUT2D eigenvalue weighted by molar-refractivity contribution is -0.0405. The molecule has 2 aliphatic heterocycles. The van der Waals surface area contributed by atoms with E-state index in [0.717, 1.165) is 22.4 Å². The van der Waals surface area contributed by atoms with Crippen molar-refractivity contribution in [2.45, 2.75) is 64.1 Å². The van der Waals surface area contributed by atoms with E-state index in [4.69, 9.17) is 9.72 Å². The van der Waals surface area contributed by atoms with Crippen LogP contribution in [0.5, 0.6) is 0 Å². The molecule has 2 aromatic rings. The van der Waals surface area contributed by atoms with Gasteiger partial charge in [-0.05, 0) is 49.9 Å². The van der Waals surface area contributed by atoms with E-state index in [1.165, 1.54) is 4.31 Å². The Morgan fingerprint density at radius 2 is 1.73 bits per heavy atom. The topological polar surface area (TPSA) is 86.5 Å². The first-order valence-corrected chi connectivity index (χ1v) is 12.9. The highest BCUT2D eigenvalue weighted by molar-refractivity contribution is 7.89. The fourth-order valence-corrected chi connectivity index (χ4v) is 6.00. The van der Waals surface area contributed by atoms with Crippen molar-refractivity contribution in [3.8, 4) is 6.07 Å². The summed E-state index contributed by atoms with van der Waals surface area (Å²) in [4.78, 5) is 7.12. The Balaban J connectivity index is 1.56. The summed E-state index contributed by atoms with van der Waals surface area (Å²) < 4.78 is 33.8. The maximum absolute atomic E-state index is 13.2. The minimum Gasteiger partial charge on any atom is -0.370 e. The summed E-state index contributed by atoms with van der Waals surface area (Å²) in [7, 11) is -3.56. The molecule has 0 radical (unpaired) electrons. The number of ether oxygens (including phenoxy) is 1. The van der Waals surface area contributed by atoms with E-state index in [2.05, 4.69) is 19.9 Å².